The minimum absolute atomic E-state index is 0.209. The van der Waals surface area contributed by atoms with Crippen LogP contribution in [-0.2, 0) is 14.3 Å². The van der Waals surface area contributed by atoms with Crippen molar-refractivity contribution in [1.82, 2.24) is 5.32 Å². The molecule has 9 heteroatoms. The van der Waals surface area contributed by atoms with E-state index < -0.39 is 49.5 Å². The minimum Gasteiger partial charge on any atom is -0.394 e. The number of nitrogens with one attached hydrogen (secondary N) is 1. The van der Waals surface area contributed by atoms with E-state index in [1.807, 2.05) is 6.08 Å². The van der Waals surface area contributed by atoms with Crippen molar-refractivity contribution < 1.29 is 39.8 Å². The number of amides is 1. The fraction of sp³-hybridized carbons (Fsp3) is 0.750. The zero-order chi connectivity index (χ0) is 38.8. The third-order valence-electron chi connectivity index (χ3n) is 9.54. The molecule has 0 aromatic carbocycles. The van der Waals surface area contributed by atoms with E-state index >= 15 is 0 Å². The molecule has 306 valence electrons. The number of hydrogen-bond donors (Lipinski definition) is 6. The van der Waals surface area contributed by atoms with Gasteiger partial charge >= 0.3 is 0 Å². The molecule has 1 aliphatic heterocycles. The third-order valence-corrected chi connectivity index (χ3v) is 9.54. The molecule has 0 aliphatic carbocycles. The summed E-state index contributed by atoms with van der Waals surface area (Å²) in [5.74, 6) is -0.209. The zero-order valence-electron chi connectivity index (χ0n) is 33.2. The number of aliphatic hydroxyl groups is 5. The summed E-state index contributed by atoms with van der Waals surface area (Å²) in [5, 5.41) is 54.0. The Bertz CT molecular complexity index is 1010. The largest absolute Gasteiger partial charge is 0.394 e. The monoisotopic (exact) mass is 748 g/mol. The molecule has 7 unspecified atom stereocenters. The highest BCUT2D eigenvalue weighted by atomic mass is 16.7. The lowest BCUT2D eigenvalue weighted by Crippen LogP contribution is -2.60. The molecule has 0 aromatic rings. The summed E-state index contributed by atoms with van der Waals surface area (Å²) in [5.41, 5.74) is 0. The van der Waals surface area contributed by atoms with Crippen LogP contribution in [0.1, 0.15) is 155 Å². The Morgan fingerprint density at radius 3 is 1.70 bits per heavy atom. The van der Waals surface area contributed by atoms with Crippen LogP contribution in [0.5, 0.6) is 0 Å². The van der Waals surface area contributed by atoms with Crippen molar-refractivity contribution in [3.8, 4) is 0 Å². The van der Waals surface area contributed by atoms with Crippen LogP contribution in [0, 0.1) is 0 Å². The lowest BCUT2D eigenvalue weighted by Gasteiger charge is -2.40. The van der Waals surface area contributed by atoms with E-state index in [2.05, 4.69) is 67.8 Å². The summed E-state index contributed by atoms with van der Waals surface area (Å²) in [7, 11) is 0. The molecule has 1 aliphatic rings. The van der Waals surface area contributed by atoms with Crippen LogP contribution >= 0.6 is 0 Å². The van der Waals surface area contributed by atoms with Crippen molar-refractivity contribution in [2.45, 2.75) is 198 Å². The standard InChI is InChI=1S/C44H77NO8/c1-3-5-7-9-11-13-15-17-19-20-22-24-26-28-30-32-34-40(48)45-37(36-52-44-43(51)42(50)41(49)39(35-46)53-44)38(47)33-31-29-27-25-23-21-18-16-14-12-10-8-6-4-2/h13-16,19-20,23,25,31,33,37-39,41-44,46-47,49-51H,3-12,17-18,21-22,24,26-30,32,34-36H2,1-2H3,(H,45,48)/b15-13-,16-14+,20-19-,25-23+,33-31+. The van der Waals surface area contributed by atoms with Gasteiger partial charge in [0.25, 0.3) is 0 Å². The molecule has 1 amide bonds. The number of hydrogen-bond acceptors (Lipinski definition) is 8. The van der Waals surface area contributed by atoms with E-state index in [1.54, 1.807) is 6.08 Å². The molecule has 0 aromatic heterocycles. The Hall–Kier alpha value is -2.11. The van der Waals surface area contributed by atoms with Gasteiger partial charge in [0.2, 0.25) is 5.91 Å². The predicted octanol–water partition coefficient (Wildman–Crippen LogP) is 8.05. The van der Waals surface area contributed by atoms with Gasteiger partial charge in [0, 0.05) is 6.42 Å². The van der Waals surface area contributed by atoms with Gasteiger partial charge in [-0.25, -0.2) is 0 Å². The second kappa shape index (κ2) is 34.4. The van der Waals surface area contributed by atoms with Crippen molar-refractivity contribution in [3.05, 3.63) is 60.8 Å². The van der Waals surface area contributed by atoms with Gasteiger partial charge < -0.3 is 40.3 Å². The van der Waals surface area contributed by atoms with E-state index in [4.69, 9.17) is 9.47 Å². The van der Waals surface area contributed by atoms with Crippen LogP contribution < -0.4 is 5.32 Å². The van der Waals surface area contributed by atoms with Gasteiger partial charge in [-0.1, -0.05) is 132 Å². The first-order chi connectivity index (χ1) is 25.8. The Labute approximate surface area is 322 Å². The van der Waals surface area contributed by atoms with Gasteiger partial charge in [-0.3, -0.25) is 4.79 Å². The number of rotatable bonds is 33. The summed E-state index contributed by atoms with van der Waals surface area (Å²) in [6, 6.07) is -0.835. The lowest BCUT2D eigenvalue weighted by molar-refractivity contribution is -0.302. The molecule has 53 heavy (non-hydrogen) atoms. The molecule has 1 rings (SSSR count). The van der Waals surface area contributed by atoms with Crippen LogP contribution in [0.15, 0.2) is 60.8 Å². The first-order valence-corrected chi connectivity index (χ1v) is 21.0. The number of allylic oxidation sites excluding steroid dienone is 9. The van der Waals surface area contributed by atoms with Crippen LogP contribution in [0.3, 0.4) is 0 Å². The smallest absolute Gasteiger partial charge is 0.220 e. The number of ether oxygens (including phenoxy) is 2. The summed E-state index contributed by atoms with van der Waals surface area (Å²) in [4.78, 5) is 12.9. The topological polar surface area (TPSA) is 149 Å². The Kier molecular flexibility index (Phi) is 31.7. The molecule has 1 saturated heterocycles. The van der Waals surface area contributed by atoms with Gasteiger partial charge in [-0.05, 0) is 77.0 Å². The highest BCUT2D eigenvalue weighted by Gasteiger charge is 2.44. The zero-order valence-corrected chi connectivity index (χ0v) is 33.2. The molecular formula is C44H77NO8. The van der Waals surface area contributed by atoms with Crippen LogP contribution in [-0.4, -0.2) is 87.5 Å². The van der Waals surface area contributed by atoms with Gasteiger partial charge in [-0.2, -0.15) is 0 Å². The molecule has 0 bridgehead atoms. The summed E-state index contributed by atoms with van der Waals surface area (Å²) >= 11 is 0. The summed E-state index contributed by atoms with van der Waals surface area (Å²) < 4.78 is 11.2. The SMILES string of the molecule is CCCCCC/C=C\C/C=C\CCCCCCCC(=O)NC(COC1OC(CO)C(O)C(O)C1O)C(O)/C=C/CC/C=C/CC/C=C/CCCCCC. The van der Waals surface area contributed by atoms with Crippen molar-refractivity contribution in [2.75, 3.05) is 13.2 Å². The molecular weight excluding hydrogens is 670 g/mol. The number of aliphatic hydroxyl groups excluding tert-OH is 5. The second-order valence-corrected chi connectivity index (χ2v) is 14.4. The van der Waals surface area contributed by atoms with E-state index in [0.29, 0.717) is 6.42 Å². The van der Waals surface area contributed by atoms with Crippen LogP contribution in [0.4, 0.5) is 0 Å². The highest BCUT2D eigenvalue weighted by molar-refractivity contribution is 5.76. The Morgan fingerprint density at radius 2 is 1.13 bits per heavy atom. The molecule has 0 saturated carbocycles. The Balaban J connectivity index is 2.47. The fourth-order valence-electron chi connectivity index (χ4n) is 6.10. The van der Waals surface area contributed by atoms with Crippen molar-refractivity contribution >= 4 is 5.91 Å². The molecule has 9 nitrogen and oxygen atoms in total. The number of carbonyl (C=O) groups is 1. The molecule has 1 fully saturated rings. The molecule has 0 spiro atoms. The summed E-state index contributed by atoms with van der Waals surface area (Å²) in [6.07, 6.45) is 36.8. The number of carbonyl (C=O) groups excluding carboxylic acids is 1. The van der Waals surface area contributed by atoms with Crippen LogP contribution in [0.2, 0.25) is 0 Å². The first kappa shape index (κ1) is 48.9. The highest BCUT2D eigenvalue weighted by Crippen LogP contribution is 2.22. The molecule has 7 atom stereocenters. The van der Waals surface area contributed by atoms with Crippen molar-refractivity contribution in [3.63, 3.8) is 0 Å². The maximum absolute atomic E-state index is 12.9. The summed E-state index contributed by atoms with van der Waals surface area (Å²) in [6.45, 7) is 3.67. The normalized spacial score (nSPS) is 22.3. The van der Waals surface area contributed by atoms with E-state index in [0.717, 1.165) is 77.0 Å². The average Bonchev–Trinajstić information content (AvgIpc) is 3.16. The maximum Gasteiger partial charge on any atom is 0.220 e. The molecule has 1 heterocycles. The van der Waals surface area contributed by atoms with Crippen molar-refractivity contribution in [2.24, 2.45) is 0 Å². The average molecular weight is 748 g/mol. The maximum atomic E-state index is 12.9. The second-order valence-electron chi connectivity index (χ2n) is 14.4. The van der Waals surface area contributed by atoms with Gasteiger partial charge in [0.1, 0.15) is 24.4 Å². The van der Waals surface area contributed by atoms with Gasteiger partial charge in [0.15, 0.2) is 6.29 Å². The van der Waals surface area contributed by atoms with E-state index in [1.165, 1.54) is 57.8 Å². The van der Waals surface area contributed by atoms with Crippen molar-refractivity contribution in [1.29, 1.82) is 0 Å². The lowest BCUT2D eigenvalue weighted by atomic mass is 9.99. The third kappa shape index (κ3) is 25.6. The van der Waals surface area contributed by atoms with Crippen LogP contribution in [0.25, 0.3) is 0 Å². The first-order valence-electron chi connectivity index (χ1n) is 21.0. The fourth-order valence-corrected chi connectivity index (χ4v) is 6.10. The minimum atomic E-state index is -1.58. The number of unbranched alkanes of at least 4 members (excludes halogenated alkanes) is 15. The van der Waals surface area contributed by atoms with E-state index in [-0.39, 0.29) is 12.5 Å². The van der Waals surface area contributed by atoms with Gasteiger partial charge in [-0.15, -0.1) is 0 Å². The van der Waals surface area contributed by atoms with Gasteiger partial charge in [0.05, 0.1) is 25.4 Å². The molecule has 0 radical (unpaired) electrons. The predicted molar refractivity (Wildman–Crippen MR) is 216 cm³/mol. The van der Waals surface area contributed by atoms with E-state index in [9.17, 15) is 30.3 Å². The quantitative estimate of drug-likeness (QED) is 0.0292. The Morgan fingerprint density at radius 1 is 0.642 bits per heavy atom. The molecule has 6 N–H and O–H groups in total.